The summed E-state index contributed by atoms with van der Waals surface area (Å²) in [5, 5.41) is 9.48. The highest BCUT2D eigenvalue weighted by Gasteiger charge is 2.26. The predicted molar refractivity (Wildman–Crippen MR) is 51.3 cm³/mol. The number of hydrogen-bond donors (Lipinski definition) is 1. The third-order valence-corrected chi connectivity index (χ3v) is 1.83. The van der Waals surface area contributed by atoms with E-state index in [9.17, 15) is 9.90 Å². The number of carbonyl (C=O) groups is 1. The molecule has 3 heteroatoms. The van der Waals surface area contributed by atoms with Crippen molar-refractivity contribution in [3.8, 4) is 0 Å². The molecule has 0 saturated heterocycles. The molecule has 3 nitrogen and oxygen atoms in total. The Morgan fingerprint density at radius 3 is 2.23 bits per heavy atom. The van der Waals surface area contributed by atoms with Crippen LogP contribution < -0.4 is 0 Å². The second-order valence-corrected chi connectivity index (χ2v) is 4.36. The maximum absolute atomic E-state index is 11.3. The van der Waals surface area contributed by atoms with E-state index in [0.717, 1.165) is 6.42 Å². The van der Waals surface area contributed by atoms with Crippen molar-refractivity contribution in [2.24, 2.45) is 5.92 Å². The van der Waals surface area contributed by atoms with Gasteiger partial charge in [-0.3, -0.25) is 0 Å². The Hall–Kier alpha value is -0.570. The highest BCUT2D eigenvalue weighted by molar-refractivity contribution is 5.75. The molecule has 0 rings (SSSR count). The Labute approximate surface area is 80.1 Å². The van der Waals surface area contributed by atoms with Gasteiger partial charge in [-0.25, -0.2) is 4.79 Å². The molecule has 0 aromatic heterocycles. The van der Waals surface area contributed by atoms with Crippen LogP contribution in [0.15, 0.2) is 0 Å². The van der Waals surface area contributed by atoms with Gasteiger partial charge in [-0.1, -0.05) is 20.3 Å². The highest BCUT2D eigenvalue weighted by Crippen LogP contribution is 2.14. The van der Waals surface area contributed by atoms with Crippen LogP contribution in [0, 0.1) is 5.92 Å². The average molecular weight is 188 g/mol. The average Bonchev–Trinajstić information content (AvgIpc) is 1.98. The van der Waals surface area contributed by atoms with Gasteiger partial charge in [0.2, 0.25) is 0 Å². The van der Waals surface area contributed by atoms with Crippen molar-refractivity contribution in [3.63, 3.8) is 0 Å². The van der Waals surface area contributed by atoms with E-state index in [1.807, 2.05) is 13.8 Å². The Morgan fingerprint density at radius 1 is 1.46 bits per heavy atom. The SMILES string of the molecule is CC[C@H](C)[C@@H](O)C(=O)OC(C)(C)C. The lowest BCUT2D eigenvalue weighted by Gasteiger charge is -2.23. The molecule has 0 saturated carbocycles. The van der Waals surface area contributed by atoms with Gasteiger partial charge in [0, 0.05) is 0 Å². The van der Waals surface area contributed by atoms with Crippen molar-refractivity contribution in [1.29, 1.82) is 0 Å². The van der Waals surface area contributed by atoms with E-state index in [-0.39, 0.29) is 5.92 Å². The molecule has 0 aromatic carbocycles. The smallest absolute Gasteiger partial charge is 0.335 e. The van der Waals surface area contributed by atoms with Gasteiger partial charge in [0.25, 0.3) is 0 Å². The summed E-state index contributed by atoms with van der Waals surface area (Å²) in [6.45, 7) is 9.11. The number of aliphatic hydroxyl groups excluding tert-OH is 1. The van der Waals surface area contributed by atoms with Crippen LogP contribution in [0.5, 0.6) is 0 Å². The number of hydrogen-bond acceptors (Lipinski definition) is 3. The summed E-state index contributed by atoms with van der Waals surface area (Å²) in [5.41, 5.74) is -0.522. The largest absolute Gasteiger partial charge is 0.458 e. The summed E-state index contributed by atoms with van der Waals surface area (Å²) in [6.07, 6.45) is -0.232. The van der Waals surface area contributed by atoms with E-state index in [1.165, 1.54) is 0 Å². The first-order chi connectivity index (χ1) is 5.78. The Bertz CT molecular complexity index is 169. The fourth-order valence-corrected chi connectivity index (χ4v) is 0.818. The van der Waals surface area contributed by atoms with E-state index in [1.54, 1.807) is 20.8 Å². The van der Waals surface area contributed by atoms with E-state index < -0.39 is 17.7 Å². The third kappa shape index (κ3) is 4.88. The lowest BCUT2D eigenvalue weighted by atomic mass is 10.0. The summed E-state index contributed by atoms with van der Waals surface area (Å²) < 4.78 is 5.03. The minimum absolute atomic E-state index is 0.0464. The van der Waals surface area contributed by atoms with Crippen molar-refractivity contribution >= 4 is 5.97 Å². The second-order valence-electron chi connectivity index (χ2n) is 4.36. The van der Waals surface area contributed by atoms with Gasteiger partial charge in [-0.05, 0) is 26.7 Å². The molecule has 0 aliphatic carbocycles. The van der Waals surface area contributed by atoms with Gasteiger partial charge in [0.05, 0.1) is 0 Å². The van der Waals surface area contributed by atoms with Crippen molar-refractivity contribution in [3.05, 3.63) is 0 Å². The van der Waals surface area contributed by atoms with Crippen LogP contribution in [-0.2, 0) is 9.53 Å². The van der Waals surface area contributed by atoms with Crippen LogP contribution in [0.3, 0.4) is 0 Å². The fourth-order valence-electron chi connectivity index (χ4n) is 0.818. The van der Waals surface area contributed by atoms with Crippen LogP contribution in [0.25, 0.3) is 0 Å². The summed E-state index contributed by atoms with van der Waals surface area (Å²) in [5.74, 6) is -0.573. The van der Waals surface area contributed by atoms with Crippen molar-refractivity contribution < 1.29 is 14.6 Å². The monoisotopic (exact) mass is 188 g/mol. The second kappa shape index (κ2) is 4.61. The van der Waals surface area contributed by atoms with E-state index in [2.05, 4.69) is 0 Å². The van der Waals surface area contributed by atoms with Gasteiger partial charge in [-0.15, -0.1) is 0 Å². The molecule has 0 aromatic rings. The molecule has 0 bridgehead atoms. The molecule has 13 heavy (non-hydrogen) atoms. The van der Waals surface area contributed by atoms with Gasteiger partial charge >= 0.3 is 5.97 Å². The standard InChI is InChI=1S/C10H20O3/c1-6-7(2)8(11)9(12)13-10(3,4)5/h7-8,11H,6H2,1-5H3/t7-,8+/m0/s1. The molecule has 2 atom stereocenters. The third-order valence-electron chi connectivity index (χ3n) is 1.83. The molecule has 1 N–H and O–H groups in total. The zero-order chi connectivity index (χ0) is 10.6. The molecule has 78 valence electrons. The first-order valence-electron chi connectivity index (χ1n) is 4.69. The predicted octanol–water partition coefficient (Wildman–Crippen LogP) is 1.74. The summed E-state index contributed by atoms with van der Waals surface area (Å²) in [6, 6.07) is 0. The lowest BCUT2D eigenvalue weighted by Crippen LogP contribution is -2.35. The fraction of sp³-hybridized carbons (Fsp3) is 0.900. The Morgan fingerprint density at radius 2 is 1.92 bits per heavy atom. The maximum Gasteiger partial charge on any atom is 0.335 e. The number of esters is 1. The molecule has 0 aliphatic rings. The summed E-state index contributed by atoms with van der Waals surface area (Å²) in [7, 11) is 0. The molecule has 0 radical (unpaired) electrons. The number of rotatable bonds is 3. The van der Waals surface area contributed by atoms with Crippen LogP contribution in [0.2, 0.25) is 0 Å². The van der Waals surface area contributed by atoms with Crippen LogP contribution in [0.1, 0.15) is 41.0 Å². The van der Waals surface area contributed by atoms with Crippen molar-refractivity contribution in [1.82, 2.24) is 0 Å². The molecule has 0 unspecified atom stereocenters. The van der Waals surface area contributed by atoms with Crippen LogP contribution in [0.4, 0.5) is 0 Å². The number of carbonyl (C=O) groups excluding carboxylic acids is 1. The van der Waals surface area contributed by atoms with E-state index in [4.69, 9.17) is 4.74 Å². The zero-order valence-electron chi connectivity index (χ0n) is 9.13. The minimum atomic E-state index is -0.996. The number of ether oxygens (including phenoxy) is 1. The Balaban J connectivity index is 4.12. The van der Waals surface area contributed by atoms with Crippen molar-refractivity contribution in [2.75, 3.05) is 0 Å². The van der Waals surface area contributed by atoms with Gasteiger partial charge in [0.15, 0.2) is 6.10 Å². The van der Waals surface area contributed by atoms with E-state index >= 15 is 0 Å². The van der Waals surface area contributed by atoms with Gasteiger partial charge in [0.1, 0.15) is 5.60 Å². The molecule has 0 aliphatic heterocycles. The number of aliphatic hydroxyl groups is 1. The maximum atomic E-state index is 11.3. The van der Waals surface area contributed by atoms with Crippen LogP contribution in [-0.4, -0.2) is 22.8 Å². The molecule has 0 heterocycles. The molecule has 0 fully saturated rings. The van der Waals surface area contributed by atoms with Gasteiger partial charge in [-0.2, -0.15) is 0 Å². The first kappa shape index (κ1) is 12.4. The molecular formula is C10H20O3. The first-order valence-corrected chi connectivity index (χ1v) is 4.69. The Kier molecular flexibility index (Phi) is 4.40. The lowest BCUT2D eigenvalue weighted by molar-refractivity contribution is -0.167. The van der Waals surface area contributed by atoms with E-state index in [0.29, 0.717) is 0 Å². The van der Waals surface area contributed by atoms with Crippen LogP contribution >= 0.6 is 0 Å². The minimum Gasteiger partial charge on any atom is -0.458 e. The topological polar surface area (TPSA) is 46.5 Å². The molecule has 0 amide bonds. The van der Waals surface area contributed by atoms with Gasteiger partial charge < -0.3 is 9.84 Å². The quantitative estimate of drug-likeness (QED) is 0.686. The molecule has 0 spiro atoms. The van der Waals surface area contributed by atoms with Crippen molar-refractivity contribution in [2.45, 2.75) is 52.7 Å². The molecular weight excluding hydrogens is 168 g/mol. The highest BCUT2D eigenvalue weighted by atomic mass is 16.6. The summed E-state index contributed by atoms with van der Waals surface area (Å²) in [4.78, 5) is 11.3. The summed E-state index contributed by atoms with van der Waals surface area (Å²) >= 11 is 0. The normalized spacial score (nSPS) is 16.5. The zero-order valence-corrected chi connectivity index (χ0v) is 9.13.